The fraction of sp³-hybridized carbons (Fsp3) is 0.556. The van der Waals surface area contributed by atoms with Gasteiger partial charge in [-0.2, -0.15) is 0 Å². The van der Waals surface area contributed by atoms with Crippen molar-refractivity contribution in [2.45, 2.75) is 77.4 Å². The molecule has 5 atom stereocenters. The highest BCUT2D eigenvalue weighted by Crippen LogP contribution is 2.42. The van der Waals surface area contributed by atoms with E-state index in [1.54, 1.807) is 0 Å². The molecule has 2 fully saturated rings. The molecule has 4 unspecified atom stereocenters. The van der Waals surface area contributed by atoms with Gasteiger partial charge in [-0.25, -0.2) is 0 Å². The molecule has 41 heavy (non-hydrogen) atoms. The zero-order valence-corrected chi connectivity index (χ0v) is 24.1. The van der Waals surface area contributed by atoms with Crippen LogP contribution in [0.15, 0.2) is 33.7 Å². The molecule has 0 spiro atoms. The summed E-state index contributed by atoms with van der Waals surface area (Å²) in [6.07, 6.45) is 6.44. The zero-order chi connectivity index (χ0) is 30.3. The van der Waals surface area contributed by atoms with E-state index in [-0.39, 0.29) is 41.2 Å². The second-order valence-electron chi connectivity index (χ2n) is 10.9. The average Bonchev–Trinajstić information content (AvgIpc) is 2.91. The van der Waals surface area contributed by atoms with Crippen molar-refractivity contribution in [2.24, 2.45) is 34.4 Å². The standard InChI is InChI=1S/C27H39N7O6S/c1-14-11-16-5-3-6-17(12-16)22(14)33-21(36)13-34-10-4-7-19(27(34)40)32-25(38)18(8-9-20(35)24(29)37)31-26(39)23(41-30)15(2)28/h4,7,10,14,16-18,22H,3,5-6,8-9,11-13,28,30H2,1-2H3,(H2,29,37)(H,31,39)(H,32,38)(H,33,36)/b23-15-/t14?,16?,17?,18-,22?/m0/s1. The van der Waals surface area contributed by atoms with Crippen LogP contribution >= 0.6 is 11.9 Å². The lowest BCUT2D eigenvalue weighted by molar-refractivity contribution is -0.136. The highest BCUT2D eigenvalue weighted by Gasteiger charge is 2.38. The molecule has 1 heterocycles. The first kappa shape index (κ1) is 31.9. The fourth-order valence-corrected chi connectivity index (χ4v) is 6.20. The van der Waals surface area contributed by atoms with Gasteiger partial charge in [0, 0.05) is 24.4 Å². The first-order chi connectivity index (χ1) is 19.4. The molecule has 4 amide bonds. The van der Waals surface area contributed by atoms with Gasteiger partial charge in [0.05, 0.1) is 0 Å². The third-order valence-corrected chi connectivity index (χ3v) is 8.55. The Morgan fingerprint density at radius 2 is 1.88 bits per heavy atom. The molecule has 3 rings (SSSR count). The number of anilines is 1. The lowest BCUT2D eigenvalue weighted by Crippen LogP contribution is -2.50. The summed E-state index contributed by atoms with van der Waals surface area (Å²) in [4.78, 5) is 74.8. The molecule has 0 radical (unpaired) electrons. The van der Waals surface area contributed by atoms with Crippen LogP contribution in [0.4, 0.5) is 5.69 Å². The number of nitrogens with two attached hydrogens (primary N) is 3. The number of Topliss-reactive ketones (excluding diaryl/α,β-unsaturated/α-hetero) is 1. The third kappa shape index (κ3) is 8.43. The molecule has 2 saturated carbocycles. The molecule has 14 heteroatoms. The van der Waals surface area contributed by atoms with E-state index in [0.717, 1.165) is 25.2 Å². The molecule has 2 aliphatic carbocycles. The molecule has 2 aliphatic rings. The van der Waals surface area contributed by atoms with Crippen LogP contribution in [0.5, 0.6) is 0 Å². The number of hydrogen-bond acceptors (Lipinski definition) is 9. The Bertz CT molecular complexity index is 1270. The maximum absolute atomic E-state index is 13.1. The van der Waals surface area contributed by atoms with E-state index in [4.69, 9.17) is 16.6 Å². The van der Waals surface area contributed by atoms with Gasteiger partial charge in [-0.3, -0.25) is 33.9 Å². The van der Waals surface area contributed by atoms with Crippen LogP contribution in [-0.2, 0) is 30.5 Å². The number of nitrogens with one attached hydrogen (secondary N) is 3. The molecule has 0 saturated heterocycles. The van der Waals surface area contributed by atoms with Gasteiger partial charge in [-0.05, 0) is 74.4 Å². The maximum Gasteiger partial charge on any atom is 0.284 e. The van der Waals surface area contributed by atoms with Gasteiger partial charge >= 0.3 is 0 Å². The molecule has 13 nitrogen and oxygen atoms in total. The van der Waals surface area contributed by atoms with E-state index in [1.165, 1.54) is 42.7 Å². The molecule has 2 bridgehead atoms. The second-order valence-corrected chi connectivity index (χ2v) is 11.6. The number of fused-ring (bicyclic) bond motifs is 2. The molecule has 224 valence electrons. The number of amides is 4. The largest absolute Gasteiger partial charge is 0.401 e. The smallest absolute Gasteiger partial charge is 0.284 e. The summed E-state index contributed by atoms with van der Waals surface area (Å²) >= 11 is 0.579. The fourth-order valence-electron chi connectivity index (χ4n) is 5.85. The number of ketones is 1. The topological polar surface area (TPSA) is 222 Å². The number of carbonyl (C=O) groups excluding carboxylic acids is 5. The summed E-state index contributed by atoms with van der Waals surface area (Å²) in [6.45, 7) is 3.38. The maximum atomic E-state index is 13.1. The SMILES string of the molecule is C/C(N)=C(/SN)C(=O)N[C@@H](CCC(=O)C(N)=O)C(=O)Nc1cccn(CC(=O)NC2C(C)CC3CCCC2C3)c1=O. The lowest BCUT2D eigenvalue weighted by atomic mass is 9.65. The van der Waals surface area contributed by atoms with Crippen LogP contribution < -0.4 is 38.1 Å². The van der Waals surface area contributed by atoms with Crippen LogP contribution in [0.2, 0.25) is 0 Å². The number of aromatic nitrogens is 1. The molecule has 9 N–H and O–H groups in total. The number of rotatable bonds is 12. The van der Waals surface area contributed by atoms with Gasteiger partial charge in [0.1, 0.15) is 23.2 Å². The predicted octanol–water partition coefficient (Wildman–Crippen LogP) is 0.234. The van der Waals surface area contributed by atoms with Crippen molar-refractivity contribution in [3.63, 3.8) is 0 Å². The van der Waals surface area contributed by atoms with E-state index < -0.39 is 41.5 Å². The van der Waals surface area contributed by atoms with Crippen molar-refractivity contribution in [2.75, 3.05) is 5.32 Å². The van der Waals surface area contributed by atoms with E-state index in [1.807, 2.05) is 0 Å². The van der Waals surface area contributed by atoms with Gasteiger partial charge in [0.2, 0.25) is 17.6 Å². The molecule has 1 aromatic heterocycles. The number of allylic oxidation sites excluding steroid dienone is 1. The number of carbonyl (C=O) groups is 5. The van der Waals surface area contributed by atoms with Crippen molar-refractivity contribution in [3.05, 3.63) is 39.3 Å². The van der Waals surface area contributed by atoms with Gasteiger partial charge in [0.25, 0.3) is 17.4 Å². The molecular formula is C27H39N7O6S. The number of pyridine rings is 1. The van der Waals surface area contributed by atoms with E-state index in [2.05, 4.69) is 22.9 Å². The number of primary amides is 1. The van der Waals surface area contributed by atoms with E-state index >= 15 is 0 Å². The summed E-state index contributed by atoms with van der Waals surface area (Å²) in [5, 5.41) is 13.5. The van der Waals surface area contributed by atoms with E-state index in [9.17, 15) is 28.8 Å². The normalized spacial score (nSPS) is 23.0. The van der Waals surface area contributed by atoms with Crippen LogP contribution in [0.1, 0.15) is 58.8 Å². The van der Waals surface area contributed by atoms with Crippen LogP contribution in [-0.4, -0.2) is 46.1 Å². The first-order valence-corrected chi connectivity index (χ1v) is 14.5. The van der Waals surface area contributed by atoms with Crippen molar-refractivity contribution in [3.8, 4) is 0 Å². The summed E-state index contributed by atoms with van der Waals surface area (Å²) in [5.74, 6) is -2.48. The minimum absolute atomic E-state index is 0.0480. The first-order valence-electron chi connectivity index (χ1n) is 13.7. The minimum Gasteiger partial charge on any atom is -0.401 e. The highest BCUT2D eigenvalue weighted by molar-refractivity contribution is 8.01. The average molecular weight is 590 g/mol. The third-order valence-electron chi connectivity index (χ3n) is 7.81. The molecule has 0 aromatic carbocycles. The Kier molecular flexibility index (Phi) is 11.1. The summed E-state index contributed by atoms with van der Waals surface area (Å²) in [5.41, 5.74) is 10.0. The quantitative estimate of drug-likeness (QED) is 0.111. The van der Waals surface area contributed by atoms with Crippen LogP contribution in [0.25, 0.3) is 0 Å². The summed E-state index contributed by atoms with van der Waals surface area (Å²) in [6, 6.07) is 1.59. The van der Waals surface area contributed by atoms with Crippen molar-refractivity contribution in [1.82, 2.24) is 15.2 Å². The van der Waals surface area contributed by atoms with Gasteiger partial charge in [-0.15, -0.1) is 0 Å². The van der Waals surface area contributed by atoms with E-state index in [0.29, 0.717) is 23.8 Å². The van der Waals surface area contributed by atoms with Gasteiger partial charge in [0.15, 0.2) is 0 Å². The van der Waals surface area contributed by atoms with Gasteiger partial charge in [-0.1, -0.05) is 19.8 Å². The van der Waals surface area contributed by atoms with Crippen molar-refractivity contribution >= 4 is 47.0 Å². The van der Waals surface area contributed by atoms with Crippen LogP contribution in [0.3, 0.4) is 0 Å². The minimum atomic E-state index is -1.34. The Balaban J connectivity index is 1.71. The van der Waals surface area contributed by atoms with Crippen molar-refractivity contribution < 1.29 is 24.0 Å². The number of hydrogen-bond donors (Lipinski definition) is 6. The van der Waals surface area contributed by atoms with Crippen molar-refractivity contribution in [1.29, 1.82) is 0 Å². The lowest BCUT2D eigenvalue weighted by Gasteiger charge is -2.44. The second kappa shape index (κ2) is 14.3. The Morgan fingerprint density at radius 1 is 1.15 bits per heavy atom. The monoisotopic (exact) mass is 589 g/mol. The zero-order valence-electron chi connectivity index (χ0n) is 23.3. The predicted molar refractivity (Wildman–Crippen MR) is 155 cm³/mol. The molecule has 1 aromatic rings. The summed E-state index contributed by atoms with van der Waals surface area (Å²) < 4.78 is 1.19. The summed E-state index contributed by atoms with van der Waals surface area (Å²) in [7, 11) is 0. The molecule has 0 aliphatic heterocycles. The highest BCUT2D eigenvalue weighted by atomic mass is 32.2. The molecular weight excluding hydrogens is 550 g/mol. The Hall–Kier alpha value is -3.65. The Labute approximate surface area is 242 Å². The van der Waals surface area contributed by atoms with Crippen LogP contribution in [0, 0.1) is 17.8 Å². The Morgan fingerprint density at radius 3 is 2.54 bits per heavy atom. The van der Waals surface area contributed by atoms with Gasteiger partial charge < -0.3 is 32.0 Å². The number of nitrogens with zero attached hydrogens (tertiary/aromatic N) is 1.